The van der Waals surface area contributed by atoms with Gasteiger partial charge < -0.3 is 9.42 Å². The fourth-order valence-electron chi connectivity index (χ4n) is 2.66. The zero-order valence-electron chi connectivity index (χ0n) is 14.1. The minimum Gasteiger partial charge on any atom is -0.359 e. The number of hydrogen-bond acceptors (Lipinski definition) is 5. The Morgan fingerprint density at radius 1 is 1.13 bits per heavy atom. The Morgan fingerprint density at radius 2 is 1.96 bits per heavy atom. The van der Waals surface area contributed by atoms with Gasteiger partial charge in [-0.25, -0.2) is 4.98 Å². The first-order valence-corrected chi connectivity index (χ1v) is 7.97. The summed E-state index contributed by atoms with van der Waals surface area (Å²) in [4.78, 5) is 11.2. The molecule has 0 radical (unpaired) electrons. The van der Waals surface area contributed by atoms with Gasteiger partial charge in [0.1, 0.15) is 5.82 Å². The van der Waals surface area contributed by atoms with Gasteiger partial charge in [0, 0.05) is 32.3 Å². The van der Waals surface area contributed by atoms with Crippen molar-refractivity contribution >= 4 is 16.7 Å². The van der Waals surface area contributed by atoms with Crippen LogP contribution < -0.4 is 4.90 Å². The Hall–Kier alpha value is -2.43. The van der Waals surface area contributed by atoms with Crippen molar-refractivity contribution in [3.05, 3.63) is 47.1 Å². The molecule has 0 bridgehead atoms. The maximum atomic E-state index is 5.01. The first kappa shape index (κ1) is 15.5. The summed E-state index contributed by atoms with van der Waals surface area (Å²) < 4.78 is 5.01. The van der Waals surface area contributed by atoms with Crippen LogP contribution in [0, 0.1) is 13.8 Å². The van der Waals surface area contributed by atoms with E-state index in [-0.39, 0.29) is 0 Å². The van der Waals surface area contributed by atoms with Crippen molar-refractivity contribution in [1.82, 2.24) is 15.1 Å². The van der Waals surface area contributed by atoms with E-state index >= 15 is 0 Å². The van der Waals surface area contributed by atoms with Gasteiger partial charge in [-0.15, -0.1) is 0 Å². The fraction of sp³-hybridized carbons (Fsp3) is 0.389. The molecule has 23 heavy (non-hydrogen) atoms. The first-order valence-electron chi connectivity index (χ1n) is 7.97. The molecule has 0 amide bonds. The predicted molar refractivity (Wildman–Crippen MR) is 91.9 cm³/mol. The number of aromatic nitrogens is 3. The molecule has 5 heteroatoms. The van der Waals surface area contributed by atoms with Crippen LogP contribution in [0.4, 0.5) is 5.82 Å². The number of pyridine rings is 1. The number of nitrogens with zero attached hydrogens (tertiary/aromatic N) is 4. The minimum absolute atomic E-state index is 0.606. The molecule has 0 fully saturated rings. The number of aryl methyl sites for hydroxylation is 3. The molecule has 120 valence electrons. The van der Waals surface area contributed by atoms with E-state index in [4.69, 9.17) is 9.51 Å². The molecular formula is C18H22N4O. The topological polar surface area (TPSA) is 55.1 Å². The third-order valence-corrected chi connectivity index (χ3v) is 4.11. The first-order chi connectivity index (χ1) is 11.1. The lowest BCUT2D eigenvalue weighted by Crippen LogP contribution is -2.22. The van der Waals surface area contributed by atoms with Crippen molar-refractivity contribution in [1.29, 1.82) is 0 Å². The van der Waals surface area contributed by atoms with Gasteiger partial charge in [-0.1, -0.05) is 18.1 Å². The summed E-state index contributed by atoms with van der Waals surface area (Å²) in [6.45, 7) is 6.91. The summed E-state index contributed by atoms with van der Waals surface area (Å²) >= 11 is 0. The average Bonchev–Trinajstić information content (AvgIpc) is 2.97. The van der Waals surface area contributed by atoms with Crippen molar-refractivity contribution < 1.29 is 4.52 Å². The van der Waals surface area contributed by atoms with E-state index in [0.29, 0.717) is 5.89 Å². The average molecular weight is 310 g/mol. The van der Waals surface area contributed by atoms with Gasteiger partial charge in [0.25, 0.3) is 0 Å². The largest absolute Gasteiger partial charge is 0.359 e. The van der Waals surface area contributed by atoms with E-state index in [0.717, 1.165) is 36.5 Å². The Labute approximate surface area is 136 Å². The van der Waals surface area contributed by atoms with Crippen LogP contribution in [0.15, 0.2) is 28.8 Å². The minimum atomic E-state index is 0.606. The van der Waals surface area contributed by atoms with Crippen LogP contribution in [0.1, 0.15) is 29.8 Å². The van der Waals surface area contributed by atoms with Crippen LogP contribution in [0.5, 0.6) is 0 Å². The quantitative estimate of drug-likeness (QED) is 0.722. The van der Waals surface area contributed by atoms with Gasteiger partial charge in [-0.2, -0.15) is 4.98 Å². The second-order valence-corrected chi connectivity index (χ2v) is 5.90. The molecule has 0 aliphatic heterocycles. The molecule has 3 rings (SSSR count). The Bertz CT molecular complexity index is 825. The summed E-state index contributed by atoms with van der Waals surface area (Å²) in [5.74, 6) is 2.31. The Balaban J connectivity index is 1.81. The maximum absolute atomic E-state index is 5.01. The van der Waals surface area contributed by atoms with E-state index in [1.54, 1.807) is 6.92 Å². The highest BCUT2D eigenvalue weighted by Gasteiger charge is 2.09. The second-order valence-electron chi connectivity index (χ2n) is 5.90. The van der Waals surface area contributed by atoms with Crippen LogP contribution in [0.2, 0.25) is 0 Å². The predicted octanol–water partition coefficient (Wildman–Crippen LogP) is 3.48. The second kappa shape index (κ2) is 6.36. The summed E-state index contributed by atoms with van der Waals surface area (Å²) in [7, 11) is 2.04. The SMILES string of the molecule is CCc1ccc2nc(N(C)CCc3noc(C)n3)cc(C)c2c1. The number of hydrogen-bond donors (Lipinski definition) is 0. The zero-order valence-corrected chi connectivity index (χ0v) is 14.1. The molecule has 5 nitrogen and oxygen atoms in total. The molecule has 3 aromatic rings. The molecule has 2 heterocycles. The molecule has 0 saturated carbocycles. The van der Waals surface area contributed by atoms with Gasteiger partial charge in [-0.3, -0.25) is 0 Å². The van der Waals surface area contributed by atoms with Crippen molar-refractivity contribution in [3.8, 4) is 0 Å². The molecule has 0 N–H and O–H groups in total. The molecular weight excluding hydrogens is 288 g/mol. The normalized spacial score (nSPS) is 11.1. The van der Waals surface area contributed by atoms with E-state index in [9.17, 15) is 0 Å². The van der Waals surface area contributed by atoms with Crippen LogP contribution in [0.25, 0.3) is 10.9 Å². The standard InChI is InChI=1S/C18H22N4O/c1-5-14-6-7-16-15(11-14)12(2)10-18(20-16)22(4)9-8-17-19-13(3)23-21-17/h6-7,10-11H,5,8-9H2,1-4H3. The van der Waals surface area contributed by atoms with Crippen molar-refractivity contribution in [2.24, 2.45) is 0 Å². The lowest BCUT2D eigenvalue weighted by Gasteiger charge is -2.19. The summed E-state index contributed by atoms with van der Waals surface area (Å²) in [5.41, 5.74) is 3.64. The number of likely N-dealkylation sites (N-methyl/N-ethyl adjacent to an activating group) is 1. The van der Waals surface area contributed by atoms with E-state index < -0.39 is 0 Å². The molecule has 0 spiro atoms. The maximum Gasteiger partial charge on any atom is 0.223 e. The zero-order chi connectivity index (χ0) is 16.4. The third kappa shape index (κ3) is 3.33. The van der Waals surface area contributed by atoms with E-state index in [2.05, 4.69) is 53.2 Å². The Kier molecular flexibility index (Phi) is 4.28. The third-order valence-electron chi connectivity index (χ3n) is 4.11. The van der Waals surface area contributed by atoms with Gasteiger partial charge in [0.2, 0.25) is 5.89 Å². The highest BCUT2D eigenvalue weighted by molar-refractivity contribution is 5.84. The van der Waals surface area contributed by atoms with Gasteiger partial charge in [0.05, 0.1) is 5.52 Å². The molecule has 0 saturated heterocycles. The highest BCUT2D eigenvalue weighted by Crippen LogP contribution is 2.23. The molecule has 0 unspecified atom stereocenters. The molecule has 1 aromatic carbocycles. The molecule has 0 atom stereocenters. The van der Waals surface area contributed by atoms with Crippen molar-refractivity contribution in [2.45, 2.75) is 33.6 Å². The van der Waals surface area contributed by atoms with Crippen LogP contribution in [0.3, 0.4) is 0 Å². The fourth-order valence-corrected chi connectivity index (χ4v) is 2.66. The van der Waals surface area contributed by atoms with Crippen LogP contribution in [-0.4, -0.2) is 28.7 Å². The summed E-state index contributed by atoms with van der Waals surface area (Å²) in [5, 5.41) is 5.17. The molecule has 0 aliphatic carbocycles. The van der Waals surface area contributed by atoms with E-state index in [1.165, 1.54) is 16.5 Å². The van der Waals surface area contributed by atoms with Crippen molar-refractivity contribution in [2.75, 3.05) is 18.5 Å². The van der Waals surface area contributed by atoms with Crippen molar-refractivity contribution in [3.63, 3.8) is 0 Å². The van der Waals surface area contributed by atoms with Gasteiger partial charge in [0.15, 0.2) is 5.82 Å². The highest BCUT2D eigenvalue weighted by atomic mass is 16.5. The number of benzene rings is 1. The lowest BCUT2D eigenvalue weighted by atomic mass is 10.1. The summed E-state index contributed by atoms with van der Waals surface area (Å²) in [6, 6.07) is 8.65. The van der Waals surface area contributed by atoms with Crippen LogP contribution in [-0.2, 0) is 12.8 Å². The monoisotopic (exact) mass is 310 g/mol. The lowest BCUT2D eigenvalue weighted by molar-refractivity contribution is 0.387. The number of rotatable bonds is 5. The van der Waals surface area contributed by atoms with Gasteiger partial charge in [-0.05, 0) is 42.7 Å². The van der Waals surface area contributed by atoms with Gasteiger partial charge >= 0.3 is 0 Å². The van der Waals surface area contributed by atoms with Crippen LogP contribution >= 0.6 is 0 Å². The summed E-state index contributed by atoms with van der Waals surface area (Å²) in [6.07, 6.45) is 1.78. The molecule has 0 aliphatic rings. The molecule has 2 aromatic heterocycles. The number of fused-ring (bicyclic) bond motifs is 1. The smallest absolute Gasteiger partial charge is 0.223 e. The Morgan fingerprint density at radius 3 is 2.65 bits per heavy atom. The number of anilines is 1. The van der Waals surface area contributed by atoms with E-state index in [1.807, 2.05) is 7.05 Å².